The molecule has 12 heavy (non-hydrogen) atoms. The molecule has 66 valence electrons. The van der Waals surface area contributed by atoms with Crippen molar-refractivity contribution in [2.24, 2.45) is 0 Å². The summed E-state index contributed by atoms with van der Waals surface area (Å²) in [5, 5.41) is 0.786. The first-order chi connectivity index (χ1) is 5.39. The highest BCUT2D eigenvalue weighted by Gasteiger charge is 2.14. The second-order valence-electron chi connectivity index (χ2n) is 3.91. The fraction of sp³-hybridized carbons (Fsp3) is 0.400. The maximum atomic E-state index is 5.93. The molecule has 0 spiro atoms. The van der Waals surface area contributed by atoms with Crippen molar-refractivity contribution < 1.29 is 0 Å². The van der Waals surface area contributed by atoms with Crippen LogP contribution in [0.15, 0.2) is 22.7 Å². The van der Waals surface area contributed by atoms with Crippen molar-refractivity contribution >= 4 is 27.5 Å². The van der Waals surface area contributed by atoms with E-state index in [0.717, 1.165) is 9.50 Å². The van der Waals surface area contributed by atoms with E-state index in [2.05, 4.69) is 42.8 Å². The van der Waals surface area contributed by atoms with Crippen LogP contribution in [0.25, 0.3) is 0 Å². The molecule has 0 aliphatic rings. The average Bonchev–Trinajstić information content (AvgIpc) is 1.82. The average molecular weight is 248 g/mol. The molecule has 0 radical (unpaired) electrons. The van der Waals surface area contributed by atoms with Gasteiger partial charge in [-0.05, 0) is 29.2 Å². The highest BCUT2D eigenvalue weighted by atomic mass is 79.9. The molecule has 1 aromatic rings. The molecule has 0 atom stereocenters. The Bertz CT molecular complexity index is 266. The Morgan fingerprint density at radius 3 is 2.17 bits per heavy atom. The zero-order valence-corrected chi connectivity index (χ0v) is 9.83. The minimum absolute atomic E-state index is 0.160. The monoisotopic (exact) mass is 246 g/mol. The lowest BCUT2D eigenvalue weighted by Crippen LogP contribution is -2.10. The van der Waals surface area contributed by atoms with Crippen LogP contribution in [0.1, 0.15) is 26.3 Å². The Kier molecular flexibility index (Phi) is 2.84. The third-order valence-corrected chi connectivity index (χ3v) is 2.40. The molecule has 0 bridgehead atoms. The largest absolute Gasteiger partial charge is 0.0843 e. The first kappa shape index (κ1) is 10.1. The third kappa shape index (κ3) is 2.49. The van der Waals surface area contributed by atoms with Crippen molar-refractivity contribution in [3.8, 4) is 0 Å². The van der Waals surface area contributed by atoms with Gasteiger partial charge in [0.2, 0.25) is 0 Å². The topological polar surface area (TPSA) is 0 Å². The van der Waals surface area contributed by atoms with Crippen LogP contribution in [-0.4, -0.2) is 0 Å². The standard InChI is InChI=1S/C10H12BrCl/c1-10(2,3)7-4-8(11)6-9(12)5-7/h4-6H,1-3H3. The molecule has 0 saturated carbocycles. The van der Waals surface area contributed by atoms with Crippen molar-refractivity contribution in [2.45, 2.75) is 26.2 Å². The second kappa shape index (κ2) is 3.39. The number of hydrogen-bond acceptors (Lipinski definition) is 0. The second-order valence-corrected chi connectivity index (χ2v) is 5.26. The van der Waals surface area contributed by atoms with Crippen molar-refractivity contribution in [1.29, 1.82) is 0 Å². The molecule has 0 unspecified atom stereocenters. The lowest BCUT2D eigenvalue weighted by Gasteiger charge is -2.19. The van der Waals surface area contributed by atoms with Crippen molar-refractivity contribution in [1.82, 2.24) is 0 Å². The van der Waals surface area contributed by atoms with E-state index in [0.29, 0.717) is 0 Å². The molecular weight excluding hydrogens is 235 g/mol. The Morgan fingerprint density at radius 2 is 1.75 bits per heavy atom. The van der Waals surface area contributed by atoms with Gasteiger partial charge in [-0.2, -0.15) is 0 Å². The fourth-order valence-corrected chi connectivity index (χ4v) is 1.85. The van der Waals surface area contributed by atoms with Gasteiger partial charge in [-0.25, -0.2) is 0 Å². The predicted molar refractivity (Wildman–Crippen MR) is 57.9 cm³/mol. The maximum absolute atomic E-state index is 5.93. The van der Waals surface area contributed by atoms with Gasteiger partial charge in [0, 0.05) is 9.50 Å². The van der Waals surface area contributed by atoms with Crippen LogP contribution < -0.4 is 0 Å². The zero-order chi connectivity index (χ0) is 9.35. The summed E-state index contributed by atoms with van der Waals surface area (Å²) in [6.07, 6.45) is 0. The Morgan fingerprint density at radius 1 is 1.17 bits per heavy atom. The molecule has 0 aromatic heterocycles. The molecule has 2 heteroatoms. The lowest BCUT2D eigenvalue weighted by molar-refractivity contribution is 0.590. The number of benzene rings is 1. The van der Waals surface area contributed by atoms with E-state index in [1.54, 1.807) is 0 Å². The van der Waals surface area contributed by atoms with E-state index in [1.165, 1.54) is 5.56 Å². The fourth-order valence-electron chi connectivity index (χ4n) is 0.987. The predicted octanol–water partition coefficient (Wildman–Crippen LogP) is 4.40. The molecule has 0 aliphatic carbocycles. The van der Waals surface area contributed by atoms with Crippen LogP contribution in [0.2, 0.25) is 5.02 Å². The highest BCUT2D eigenvalue weighted by molar-refractivity contribution is 9.10. The highest BCUT2D eigenvalue weighted by Crippen LogP contribution is 2.28. The molecule has 0 aliphatic heterocycles. The summed E-state index contributed by atoms with van der Waals surface area (Å²) in [7, 11) is 0. The van der Waals surface area contributed by atoms with Gasteiger partial charge in [0.05, 0.1) is 0 Å². The van der Waals surface area contributed by atoms with E-state index in [4.69, 9.17) is 11.6 Å². The van der Waals surface area contributed by atoms with Crippen LogP contribution >= 0.6 is 27.5 Å². The summed E-state index contributed by atoms with van der Waals surface area (Å²) in [5.74, 6) is 0. The molecule has 1 rings (SSSR count). The SMILES string of the molecule is CC(C)(C)c1cc(Cl)cc(Br)c1. The van der Waals surface area contributed by atoms with Gasteiger partial charge in [0.15, 0.2) is 0 Å². The van der Waals surface area contributed by atoms with Gasteiger partial charge in [0.25, 0.3) is 0 Å². The first-order valence-corrected chi connectivity index (χ1v) is 5.03. The van der Waals surface area contributed by atoms with Crippen LogP contribution in [0, 0.1) is 0 Å². The van der Waals surface area contributed by atoms with Crippen molar-refractivity contribution in [2.75, 3.05) is 0 Å². The minimum atomic E-state index is 0.160. The molecule has 0 saturated heterocycles. The molecule has 0 N–H and O–H groups in total. The van der Waals surface area contributed by atoms with Gasteiger partial charge < -0.3 is 0 Å². The molecule has 0 heterocycles. The van der Waals surface area contributed by atoms with Crippen molar-refractivity contribution in [3.05, 3.63) is 33.3 Å². The Labute approximate surface area is 87.1 Å². The molecular formula is C10H12BrCl. The molecule has 0 nitrogen and oxygen atoms in total. The number of hydrogen-bond donors (Lipinski definition) is 0. The van der Waals surface area contributed by atoms with Gasteiger partial charge in [-0.3, -0.25) is 0 Å². The molecule has 1 aromatic carbocycles. The number of rotatable bonds is 0. The van der Waals surface area contributed by atoms with Gasteiger partial charge in [-0.15, -0.1) is 0 Å². The summed E-state index contributed by atoms with van der Waals surface area (Å²) < 4.78 is 1.04. The smallest absolute Gasteiger partial charge is 0.0420 e. The summed E-state index contributed by atoms with van der Waals surface area (Å²) >= 11 is 9.35. The van der Waals surface area contributed by atoms with Gasteiger partial charge in [-0.1, -0.05) is 48.3 Å². The zero-order valence-electron chi connectivity index (χ0n) is 7.49. The molecule has 0 fully saturated rings. The van der Waals surface area contributed by atoms with Crippen LogP contribution in [0.3, 0.4) is 0 Å². The normalized spacial score (nSPS) is 11.8. The van der Waals surface area contributed by atoms with E-state index in [1.807, 2.05) is 12.1 Å². The Balaban J connectivity index is 3.18. The molecule has 0 amide bonds. The van der Waals surface area contributed by atoms with Crippen LogP contribution in [-0.2, 0) is 5.41 Å². The quantitative estimate of drug-likeness (QED) is 0.637. The summed E-state index contributed by atoms with van der Waals surface area (Å²) in [4.78, 5) is 0. The van der Waals surface area contributed by atoms with E-state index in [9.17, 15) is 0 Å². The third-order valence-electron chi connectivity index (χ3n) is 1.73. The summed E-state index contributed by atoms with van der Waals surface area (Å²) in [5.41, 5.74) is 1.41. The summed E-state index contributed by atoms with van der Waals surface area (Å²) in [6, 6.07) is 6.01. The minimum Gasteiger partial charge on any atom is -0.0843 e. The van der Waals surface area contributed by atoms with E-state index < -0.39 is 0 Å². The first-order valence-electron chi connectivity index (χ1n) is 3.86. The lowest BCUT2D eigenvalue weighted by atomic mass is 9.87. The summed E-state index contributed by atoms with van der Waals surface area (Å²) in [6.45, 7) is 6.52. The van der Waals surface area contributed by atoms with E-state index >= 15 is 0 Å². The van der Waals surface area contributed by atoms with E-state index in [-0.39, 0.29) is 5.41 Å². The van der Waals surface area contributed by atoms with Gasteiger partial charge in [0.1, 0.15) is 0 Å². The van der Waals surface area contributed by atoms with Gasteiger partial charge >= 0.3 is 0 Å². The van der Waals surface area contributed by atoms with Crippen molar-refractivity contribution in [3.63, 3.8) is 0 Å². The van der Waals surface area contributed by atoms with Crippen LogP contribution in [0.5, 0.6) is 0 Å². The Hall–Kier alpha value is -0.0100. The number of halogens is 2. The van der Waals surface area contributed by atoms with Crippen LogP contribution in [0.4, 0.5) is 0 Å². The maximum Gasteiger partial charge on any atom is 0.0420 e.